The fourth-order valence-electron chi connectivity index (χ4n) is 4.45. The molecule has 0 aromatic carbocycles. The summed E-state index contributed by atoms with van der Waals surface area (Å²) >= 11 is 0. The van der Waals surface area contributed by atoms with E-state index in [4.69, 9.17) is 29.5 Å². The topological polar surface area (TPSA) is 105 Å². The van der Waals surface area contributed by atoms with Gasteiger partial charge in [0.15, 0.2) is 11.5 Å². The average molecular weight is 523 g/mol. The first-order chi connectivity index (χ1) is 17.7. The second kappa shape index (κ2) is 11.7. The summed E-state index contributed by atoms with van der Waals surface area (Å²) in [7, 11) is 1.68. The Balaban J connectivity index is 0.000000405. The van der Waals surface area contributed by atoms with Crippen LogP contribution in [-0.2, 0) is 16.1 Å². The fraction of sp³-hybridized carbons (Fsp3) is 0.500. The van der Waals surface area contributed by atoms with Crippen LogP contribution in [0.4, 0.5) is 18.9 Å². The van der Waals surface area contributed by atoms with Gasteiger partial charge in [-0.2, -0.15) is 18.3 Å². The molecular formula is C24H29F3N6O4. The highest BCUT2D eigenvalue weighted by Gasteiger charge is 2.38. The summed E-state index contributed by atoms with van der Waals surface area (Å²) in [5.41, 5.74) is 3.21. The monoisotopic (exact) mass is 522 g/mol. The van der Waals surface area contributed by atoms with Gasteiger partial charge in [0.2, 0.25) is 5.88 Å². The summed E-state index contributed by atoms with van der Waals surface area (Å²) < 4.78 is 44.6. The molecule has 10 nitrogen and oxygen atoms in total. The van der Waals surface area contributed by atoms with Crippen molar-refractivity contribution in [3.05, 3.63) is 48.0 Å². The second-order valence-electron chi connectivity index (χ2n) is 8.81. The van der Waals surface area contributed by atoms with Crippen LogP contribution in [0, 0.1) is 0 Å². The van der Waals surface area contributed by atoms with Crippen LogP contribution >= 0.6 is 0 Å². The normalized spacial score (nSPS) is 18.8. The van der Waals surface area contributed by atoms with Gasteiger partial charge in [-0.05, 0) is 37.6 Å². The summed E-state index contributed by atoms with van der Waals surface area (Å²) in [6, 6.07) is 8.27. The largest absolute Gasteiger partial charge is 0.490 e. The first kappa shape index (κ1) is 26.6. The Bertz CT molecular complexity index is 1200. The minimum absolute atomic E-state index is 0.341. The van der Waals surface area contributed by atoms with Gasteiger partial charge in [-0.15, -0.1) is 0 Å². The molecule has 5 rings (SSSR count). The predicted octanol–water partition coefficient (Wildman–Crippen LogP) is 2.98. The molecule has 0 amide bonds. The van der Waals surface area contributed by atoms with Gasteiger partial charge in [-0.1, -0.05) is 6.07 Å². The van der Waals surface area contributed by atoms with Crippen LogP contribution in [0.15, 0.2) is 36.7 Å². The lowest BCUT2D eigenvalue weighted by Crippen LogP contribution is -2.36. The lowest BCUT2D eigenvalue weighted by molar-refractivity contribution is -0.192. The predicted molar refractivity (Wildman–Crippen MR) is 128 cm³/mol. The van der Waals surface area contributed by atoms with Crippen molar-refractivity contribution >= 4 is 17.3 Å². The van der Waals surface area contributed by atoms with Crippen LogP contribution < -0.4 is 9.64 Å². The van der Waals surface area contributed by atoms with Crippen LogP contribution in [0.2, 0.25) is 0 Å². The second-order valence-corrected chi connectivity index (χ2v) is 8.81. The van der Waals surface area contributed by atoms with Gasteiger partial charge in [0.05, 0.1) is 32.2 Å². The smallest absolute Gasteiger partial charge is 0.481 e. The molecule has 0 radical (unpaired) electrons. The molecule has 13 heteroatoms. The number of pyridine rings is 2. The van der Waals surface area contributed by atoms with Gasteiger partial charge in [0.1, 0.15) is 0 Å². The number of halogens is 3. The lowest BCUT2D eigenvalue weighted by Gasteiger charge is -2.31. The summed E-state index contributed by atoms with van der Waals surface area (Å²) in [4.78, 5) is 22.9. The molecule has 5 heterocycles. The highest BCUT2D eigenvalue weighted by atomic mass is 19.4. The Morgan fingerprint density at radius 1 is 1.22 bits per heavy atom. The summed E-state index contributed by atoms with van der Waals surface area (Å²) in [5.74, 6) is -0.765. The third-order valence-corrected chi connectivity index (χ3v) is 6.26. The van der Waals surface area contributed by atoms with E-state index >= 15 is 0 Å². The van der Waals surface area contributed by atoms with Crippen molar-refractivity contribution in [2.75, 3.05) is 51.4 Å². The van der Waals surface area contributed by atoms with Crippen molar-refractivity contribution in [2.24, 2.45) is 0 Å². The SMILES string of the molecule is COc1ncccc1CN1CCCC(c2nc3ccc(N4CCOCC4)cn3n2)C1.O=C(O)C(F)(F)F. The molecule has 200 valence electrons. The van der Waals surface area contributed by atoms with Gasteiger partial charge >= 0.3 is 12.1 Å². The number of alkyl halides is 3. The van der Waals surface area contributed by atoms with Gasteiger partial charge in [0, 0.05) is 43.9 Å². The molecule has 2 aliphatic heterocycles. The van der Waals surface area contributed by atoms with Gasteiger partial charge in [-0.3, -0.25) is 4.90 Å². The molecule has 3 aromatic rings. The quantitative estimate of drug-likeness (QED) is 0.541. The highest BCUT2D eigenvalue weighted by Crippen LogP contribution is 2.28. The standard InChI is InChI=1S/C22H28N6O2.C2HF3O2/c1-29-22-18(4-2-8-23-22)15-26-9-3-5-17(14-26)21-24-20-7-6-19(16-28(20)25-21)27-10-12-30-13-11-27;3-2(4,5)1(6)7/h2,4,6-8,16-17H,3,5,9-15H2,1H3;(H,6,7). The van der Waals surface area contributed by atoms with Gasteiger partial charge < -0.3 is 19.5 Å². The molecule has 37 heavy (non-hydrogen) atoms. The molecule has 2 fully saturated rings. The number of anilines is 1. The van der Waals surface area contributed by atoms with E-state index in [1.807, 2.05) is 10.6 Å². The molecule has 2 saturated heterocycles. The van der Waals surface area contributed by atoms with Crippen molar-refractivity contribution in [3.8, 4) is 5.88 Å². The zero-order valence-electron chi connectivity index (χ0n) is 20.4. The van der Waals surface area contributed by atoms with E-state index in [0.717, 1.165) is 75.8 Å². The number of carboxylic acid groups (broad SMARTS) is 1. The number of hydrogen-bond acceptors (Lipinski definition) is 8. The van der Waals surface area contributed by atoms with Crippen LogP contribution in [0.5, 0.6) is 5.88 Å². The van der Waals surface area contributed by atoms with Gasteiger partial charge in [0.25, 0.3) is 0 Å². The molecule has 1 atom stereocenters. The highest BCUT2D eigenvalue weighted by molar-refractivity contribution is 5.73. The molecule has 2 aliphatic rings. The van der Waals surface area contributed by atoms with Crippen molar-refractivity contribution in [1.29, 1.82) is 0 Å². The number of carbonyl (C=O) groups is 1. The van der Waals surface area contributed by atoms with Crippen molar-refractivity contribution < 1.29 is 32.5 Å². The summed E-state index contributed by atoms with van der Waals surface area (Å²) in [6.07, 6.45) is 1.04. The maximum atomic E-state index is 10.6. The summed E-state index contributed by atoms with van der Waals surface area (Å²) in [5, 5.41) is 12.0. The van der Waals surface area contributed by atoms with Crippen LogP contribution in [0.3, 0.4) is 0 Å². The van der Waals surface area contributed by atoms with Crippen molar-refractivity contribution in [3.63, 3.8) is 0 Å². The first-order valence-corrected chi connectivity index (χ1v) is 11.9. The number of piperidine rings is 1. The zero-order valence-corrected chi connectivity index (χ0v) is 20.4. The Morgan fingerprint density at radius 3 is 2.68 bits per heavy atom. The summed E-state index contributed by atoms with van der Waals surface area (Å²) in [6.45, 7) is 6.25. The van der Waals surface area contributed by atoms with E-state index in [1.54, 1.807) is 13.3 Å². The number of ether oxygens (including phenoxy) is 2. The fourth-order valence-corrected chi connectivity index (χ4v) is 4.45. The van der Waals surface area contributed by atoms with E-state index in [1.165, 1.54) is 5.69 Å². The van der Waals surface area contributed by atoms with E-state index in [0.29, 0.717) is 11.8 Å². The molecule has 3 aromatic heterocycles. The molecular weight excluding hydrogens is 493 g/mol. The third kappa shape index (κ3) is 6.86. The van der Waals surface area contributed by atoms with Gasteiger partial charge in [-0.25, -0.2) is 19.3 Å². The number of hydrogen-bond donors (Lipinski definition) is 1. The molecule has 0 aliphatic carbocycles. The van der Waals surface area contributed by atoms with Crippen molar-refractivity contribution in [1.82, 2.24) is 24.5 Å². The number of fused-ring (bicyclic) bond motifs is 1. The van der Waals surface area contributed by atoms with Crippen LogP contribution in [-0.4, -0.2) is 88.2 Å². The van der Waals surface area contributed by atoms with Crippen LogP contribution in [0.25, 0.3) is 5.65 Å². The molecule has 0 saturated carbocycles. The first-order valence-electron chi connectivity index (χ1n) is 11.9. The number of carboxylic acids is 1. The lowest BCUT2D eigenvalue weighted by atomic mass is 9.97. The molecule has 1 unspecified atom stereocenters. The Morgan fingerprint density at radius 2 is 1.97 bits per heavy atom. The van der Waals surface area contributed by atoms with E-state index < -0.39 is 12.1 Å². The minimum Gasteiger partial charge on any atom is -0.481 e. The molecule has 0 spiro atoms. The number of aliphatic carboxylic acids is 1. The minimum atomic E-state index is -5.08. The average Bonchev–Trinajstić information content (AvgIpc) is 3.33. The number of likely N-dealkylation sites (tertiary alicyclic amines) is 1. The van der Waals surface area contributed by atoms with E-state index in [2.05, 4.69) is 39.2 Å². The third-order valence-electron chi connectivity index (χ3n) is 6.26. The number of methoxy groups -OCH3 is 1. The molecule has 1 N–H and O–H groups in total. The number of morpholine rings is 1. The number of nitrogens with zero attached hydrogens (tertiary/aromatic N) is 6. The van der Waals surface area contributed by atoms with Crippen molar-refractivity contribution in [2.45, 2.75) is 31.5 Å². The number of rotatable bonds is 5. The molecule has 0 bridgehead atoms. The van der Waals surface area contributed by atoms with E-state index in [-0.39, 0.29) is 0 Å². The van der Waals surface area contributed by atoms with Crippen LogP contribution in [0.1, 0.15) is 30.1 Å². The zero-order chi connectivity index (χ0) is 26.4. The Hall–Kier alpha value is -3.45. The Kier molecular flexibility index (Phi) is 8.44. The Labute approximate surface area is 211 Å². The number of aromatic nitrogens is 4. The maximum absolute atomic E-state index is 10.6. The maximum Gasteiger partial charge on any atom is 0.490 e. The van der Waals surface area contributed by atoms with E-state index in [9.17, 15) is 13.2 Å².